The van der Waals surface area contributed by atoms with E-state index in [1.165, 1.54) is 0 Å². The van der Waals surface area contributed by atoms with E-state index in [-0.39, 0.29) is 30.3 Å². The van der Waals surface area contributed by atoms with E-state index in [4.69, 9.17) is 26.1 Å². The van der Waals surface area contributed by atoms with Gasteiger partial charge in [-0.3, -0.25) is 4.68 Å². The summed E-state index contributed by atoms with van der Waals surface area (Å²) in [4.78, 5) is 13.9. The van der Waals surface area contributed by atoms with Crippen LogP contribution in [0, 0.1) is 18.7 Å². The smallest absolute Gasteiger partial charge is 0.319 e. The molecule has 10 heteroatoms. The van der Waals surface area contributed by atoms with Gasteiger partial charge in [-0.05, 0) is 51.3 Å². The van der Waals surface area contributed by atoms with Crippen molar-refractivity contribution in [1.29, 1.82) is 0 Å². The summed E-state index contributed by atoms with van der Waals surface area (Å²) >= 11 is 6.93. The number of hydrogen-bond acceptors (Lipinski definition) is 7. The molecule has 8 nitrogen and oxygen atoms in total. The summed E-state index contributed by atoms with van der Waals surface area (Å²) in [6, 6.07) is 6.16. The number of halogens is 2. The van der Waals surface area contributed by atoms with E-state index in [2.05, 4.69) is 40.8 Å². The average Bonchev–Trinajstić information content (AvgIpc) is 3.30. The van der Waals surface area contributed by atoms with E-state index < -0.39 is 5.82 Å². The zero-order valence-corrected chi connectivity index (χ0v) is 24.5. The highest BCUT2D eigenvalue weighted by molar-refractivity contribution is 6.35. The predicted octanol–water partition coefficient (Wildman–Crippen LogP) is 5.62. The molecule has 212 valence electrons. The van der Waals surface area contributed by atoms with Crippen molar-refractivity contribution in [3.63, 3.8) is 0 Å². The van der Waals surface area contributed by atoms with Crippen molar-refractivity contribution in [3.8, 4) is 17.1 Å². The number of aryl methyl sites for hydroxylation is 2. The van der Waals surface area contributed by atoms with E-state index in [0.29, 0.717) is 39.9 Å². The highest BCUT2D eigenvalue weighted by Gasteiger charge is 2.30. The van der Waals surface area contributed by atoms with Gasteiger partial charge in [-0.15, -0.1) is 0 Å². The number of ether oxygens (including phenoxy) is 2. The molecule has 0 unspecified atom stereocenters. The lowest BCUT2D eigenvalue weighted by atomic mass is 9.94. The Hall–Kier alpha value is -3.01. The van der Waals surface area contributed by atoms with Gasteiger partial charge >= 0.3 is 6.01 Å². The minimum absolute atomic E-state index is 0.105. The first kappa shape index (κ1) is 27.2. The van der Waals surface area contributed by atoms with Crippen molar-refractivity contribution in [2.75, 3.05) is 44.8 Å². The number of rotatable bonds is 5. The van der Waals surface area contributed by atoms with Crippen molar-refractivity contribution in [3.05, 3.63) is 40.8 Å². The Labute approximate surface area is 239 Å². The van der Waals surface area contributed by atoms with E-state index >= 15 is 4.39 Å². The normalized spacial score (nSPS) is 22.4. The molecule has 0 amide bonds. The third kappa shape index (κ3) is 4.88. The molecule has 2 aromatic heterocycles. The van der Waals surface area contributed by atoms with Crippen LogP contribution in [-0.2, 0) is 11.8 Å². The Morgan fingerprint density at radius 2 is 1.95 bits per heavy atom. The Morgan fingerprint density at radius 3 is 2.75 bits per heavy atom. The van der Waals surface area contributed by atoms with Gasteiger partial charge in [0, 0.05) is 54.6 Å². The summed E-state index contributed by atoms with van der Waals surface area (Å²) in [5, 5.41) is 6.23. The first-order chi connectivity index (χ1) is 19.2. The fourth-order valence-corrected chi connectivity index (χ4v) is 6.36. The molecule has 2 aliphatic heterocycles. The Morgan fingerprint density at radius 1 is 1.12 bits per heavy atom. The van der Waals surface area contributed by atoms with Crippen LogP contribution >= 0.6 is 11.6 Å². The van der Waals surface area contributed by atoms with E-state index in [1.54, 1.807) is 10.9 Å². The highest BCUT2D eigenvalue weighted by Crippen LogP contribution is 2.43. The molecule has 2 aromatic carbocycles. The summed E-state index contributed by atoms with van der Waals surface area (Å²) in [6.45, 7) is 9.77. The largest absolute Gasteiger partial charge is 0.461 e. The van der Waals surface area contributed by atoms with Gasteiger partial charge < -0.3 is 19.3 Å². The number of hydrogen-bond donors (Lipinski definition) is 0. The fraction of sp³-hybridized carbons (Fsp3) is 0.500. The molecule has 4 heterocycles. The third-order valence-electron chi connectivity index (χ3n) is 8.33. The molecule has 2 fully saturated rings. The van der Waals surface area contributed by atoms with E-state index in [0.717, 1.165) is 48.9 Å². The summed E-state index contributed by atoms with van der Waals surface area (Å²) in [6.07, 6.45) is 3.84. The minimum Gasteiger partial charge on any atom is -0.461 e. The lowest BCUT2D eigenvalue weighted by Crippen LogP contribution is -2.43. The topological polar surface area (TPSA) is 68.5 Å². The number of anilines is 1. The molecular weight excluding hydrogens is 531 g/mol. The van der Waals surface area contributed by atoms with Gasteiger partial charge in [0.1, 0.15) is 24.0 Å². The zero-order valence-electron chi connectivity index (χ0n) is 23.7. The second kappa shape index (κ2) is 10.8. The third-order valence-corrected chi connectivity index (χ3v) is 8.63. The van der Waals surface area contributed by atoms with Crippen molar-refractivity contribution in [1.82, 2.24) is 24.6 Å². The van der Waals surface area contributed by atoms with Gasteiger partial charge in [-0.1, -0.05) is 30.7 Å². The molecule has 3 atom stereocenters. The van der Waals surface area contributed by atoms with Gasteiger partial charge in [0.15, 0.2) is 5.82 Å². The maximum absolute atomic E-state index is 16.8. The highest BCUT2D eigenvalue weighted by atomic mass is 35.5. The van der Waals surface area contributed by atoms with Gasteiger partial charge in [0.05, 0.1) is 23.3 Å². The van der Waals surface area contributed by atoms with Gasteiger partial charge in [0.2, 0.25) is 0 Å². The van der Waals surface area contributed by atoms with E-state index in [9.17, 15) is 0 Å². The molecule has 40 heavy (non-hydrogen) atoms. The van der Waals surface area contributed by atoms with Crippen LogP contribution in [0.25, 0.3) is 32.9 Å². The quantitative estimate of drug-likeness (QED) is 0.311. The standard InChI is InChI=1S/C30H36ClFN6O2/c1-17-6-8-19(3)38(14-17)29-22-12-23(31)25(24-18(2)7-9-20-13-33-37(5)28(20)24)26(32)27(22)34-30(35-29)40-16-21-15-36(4)10-11-39-21/h7,9,12-13,17,19,21H,6,8,10-11,14-16H2,1-5H3/t17-,19-,21-/m0/s1. The zero-order chi connectivity index (χ0) is 28.1. The van der Waals surface area contributed by atoms with Crippen LogP contribution in [0.4, 0.5) is 10.2 Å². The summed E-state index contributed by atoms with van der Waals surface area (Å²) in [7, 11) is 3.92. The molecule has 0 N–H and O–H groups in total. The molecule has 0 spiro atoms. The van der Waals surface area contributed by atoms with Crippen LogP contribution in [0.1, 0.15) is 32.3 Å². The number of benzene rings is 2. The maximum atomic E-state index is 16.8. The second-order valence-electron chi connectivity index (χ2n) is 11.5. The van der Waals surface area contributed by atoms with Crippen molar-refractivity contribution < 1.29 is 13.9 Å². The second-order valence-corrected chi connectivity index (χ2v) is 11.9. The summed E-state index contributed by atoms with van der Waals surface area (Å²) in [5.74, 6) is 0.657. The maximum Gasteiger partial charge on any atom is 0.319 e. The number of morpholine rings is 1. The molecular formula is C30H36ClFN6O2. The number of nitrogens with zero attached hydrogens (tertiary/aromatic N) is 6. The lowest BCUT2D eigenvalue weighted by Gasteiger charge is -2.38. The van der Waals surface area contributed by atoms with Crippen molar-refractivity contribution in [2.45, 2.75) is 45.8 Å². The van der Waals surface area contributed by atoms with Gasteiger partial charge in [0.25, 0.3) is 0 Å². The SMILES string of the molecule is Cc1ccc2cnn(C)c2c1-c1c(Cl)cc2c(N3C[C@@H](C)CC[C@@H]3C)nc(OC[C@@H]3CN(C)CCO3)nc2c1F. The Balaban J connectivity index is 1.52. The van der Waals surface area contributed by atoms with Crippen LogP contribution in [-0.4, -0.2) is 76.7 Å². The summed E-state index contributed by atoms with van der Waals surface area (Å²) < 4.78 is 30.5. The van der Waals surface area contributed by atoms with Crippen LogP contribution in [0.2, 0.25) is 5.02 Å². The average molecular weight is 567 g/mol. The van der Waals surface area contributed by atoms with Crippen LogP contribution < -0.4 is 9.64 Å². The number of likely N-dealkylation sites (N-methyl/N-ethyl adjacent to an activating group) is 1. The first-order valence-corrected chi connectivity index (χ1v) is 14.4. The van der Waals surface area contributed by atoms with Gasteiger partial charge in [-0.25, -0.2) is 4.39 Å². The summed E-state index contributed by atoms with van der Waals surface area (Å²) in [5.41, 5.74) is 2.95. The fourth-order valence-electron chi connectivity index (χ4n) is 6.07. The van der Waals surface area contributed by atoms with Crippen LogP contribution in [0.3, 0.4) is 0 Å². The molecule has 6 rings (SSSR count). The van der Waals surface area contributed by atoms with Crippen LogP contribution in [0.15, 0.2) is 24.4 Å². The molecule has 2 saturated heterocycles. The number of aromatic nitrogens is 4. The number of fused-ring (bicyclic) bond motifs is 2. The predicted molar refractivity (Wildman–Crippen MR) is 157 cm³/mol. The molecule has 0 bridgehead atoms. The minimum atomic E-state index is -0.487. The monoisotopic (exact) mass is 566 g/mol. The first-order valence-electron chi connectivity index (χ1n) is 14.0. The molecule has 0 aliphatic carbocycles. The molecule has 0 radical (unpaired) electrons. The lowest BCUT2D eigenvalue weighted by molar-refractivity contribution is -0.0416. The molecule has 2 aliphatic rings. The van der Waals surface area contributed by atoms with Crippen LogP contribution in [0.5, 0.6) is 6.01 Å². The Bertz CT molecular complexity index is 1580. The van der Waals surface area contributed by atoms with Crippen molar-refractivity contribution in [2.24, 2.45) is 13.0 Å². The van der Waals surface area contributed by atoms with E-state index in [1.807, 2.05) is 32.2 Å². The molecule has 4 aromatic rings. The van der Waals surface area contributed by atoms with Crippen molar-refractivity contribution >= 4 is 39.2 Å². The Kier molecular flexibility index (Phi) is 7.31. The molecule has 0 saturated carbocycles. The number of piperidine rings is 1. The van der Waals surface area contributed by atoms with Gasteiger partial charge in [-0.2, -0.15) is 15.1 Å².